The molecule has 0 saturated heterocycles. The van der Waals surface area contributed by atoms with Crippen LogP contribution in [0.1, 0.15) is 65.7 Å². The summed E-state index contributed by atoms with van der Waals surface area (Å²) in [5, 5.41) is 10.6. The van der Waals surface area contributed by atoms with Crippen LogP contribution >= 0.6 is 0 Å². The lowest BCUT2D eigenvalue weighted by Crippen LogP contribution is -2.39. The molecule has 1 saturated carbocycles. The third kappa shape index (κ3) is 4.96. The molecule has 0 aromatic rings. The predicted octanol–water partition coefficient (Wildman–Crippen LogP) is 3.91. The monoisotopic (exact) mass is 366 g/mol. The number of aliphatic hydroxyl groups is 1. The summed E-state index contributed by atoms with van der Waals surface area (Å²) in [7, 11) is 1.56. The summed E-state index contributed by atoms with van der Waals surface area (Å²) in [5.74, 6) is -0.262. The zero-order valence-electron chi connectivity index (χ0n) is 16.7. The van der Waals surface area contributed by atoms with E-state index in [1.807, 2.05) is 0 Å². The lowest BCUT2D eigenvalue weighted by Gasteiger charge is -2.45. The van der Waals surface area contributed by atoms with Gasteiger partial charge in [0.05, 0.1) is 6.10 Å². The Kier molecular flexibility index (Phi) is 7.44. The van der Waals surface area contributed by atoms with Gasteiger partial charge < -0.3 is 19.3 Å². The largest absolute Gasteiger partial charge is 0.458 e. The van der Waals surface area contributed by atoms with Gasteiger partial charge in [0.15, 0.2) is 0 Å². The Morgan fingerprint density at radius 2 is 2.08 bits per heavy atom. The van der Waals surface area contributed by atoms with E-state index < -0.39 is 12.2 Å². The number of rotatable bonds is 8. The number of hydrogen-bond donors (Lipinski definition) is 1. The fourth-order valence-electron chi connectivity index (χ4n) is 4.45. The van der Waals surface area contributed by atoms with Gasteiger partial charge in [0.2, 0.25) is 0 Å². The number of ether oxygens (including phenoxy) is 3. The Morgan fingerprint density at radius 3 is 2.69 bits per heavy atom. The van der Waals surface area contributed by atoms with Crippen LogP contribution < -0.4 is 0 Å². The fraction of sp³-hybridized carbons (Fsp3) is 0.762. The van der Waals surface area contributed by atoms with Crippen LogP contribution in [0.5, 0.6) is 0 Å². The average molecular weight is 366 g/mol. The third-order valence-electron chi connectivity index (χ3n) is 5.85. The van der Waals surface area contributed by atoms with E-state index in [0.717, 1.165) is 31.3 Å². The molecular formula is C21H34O5. The van der Waals surface area contributed by atoms with E-state index in [-0.39, 0.29) is 24.3 Å². The molecule has 0 radical (unpaired) electrons. The van der Waals surface area contributed by atoms with Gasteiger partial charge in [-0.05, 0) is 55.6 Å². The second kappa shape index (κ2) is 9.16. The van der Waals surface area contributed by atoms with E-state index in [4.69, 9.17) is 14.2 Å². The highest BCUT2D eigenvalue weighted by Gasteiger charge is 2.41. The van der Waals surface area contributed by atoms with Crippen LogP contribution in [-0.4, -0.2) is 43.3 Å². The molecule has 26 heavy (non-hydrogen) atoms. The van der Waals surface area contributed by atoms with Crippen molar-refractivity contribution < 1.29 is 24.1 Å². The van der Waals surface area contributed by atoms with Gasteiger partial charge in [-0.2, -0.15) is 0 Å². The summed E-state index contributed by atoms with van der Waals surface area (Å²) >= 11 is 0. The topological polar surface area (TPSA) is 65.0 Å². The number of methoxy groups -OCH3 is 1. The van der Waals surface area contributed by atoms with Crippen molar-refractivity contribution in [1.82, 2.24) is 0 Å². The summed E-state index contributed by atoms with van der Waals surface area (Å²) in [6.45, 7) is 9.55. The summed E-state index contributed by atoms with van der Waals surface area (Å²) in [6, 6.07) is 0. The maximum atomic E-state index is 11.6. The molecule has 1 fully saturated rings. The molecule has 0 heterocycles. The first-order valence-corrected chi connectivity index (χ1v) is 9.62. The molecule has 148 valence electrons. The molecule has 2 aliphatic carbocycles. The van der Waals surface area contributed by atoms with E-state index in [9.17, 15) is 9.90 Å². The number of carbonyl (C=O) groups excluding carboxylic acids is 1. The minimum Gasteiger partial charge on any atom is -0.458 e. The second-order valence-electron chi connectivity index (χ2n) is 8.02. The first kappa shape index (κ1) is 21.1. The number of allylic oxidation sites excluding steroid dienone is 1. The number of esters is 1. The van der Waals surface area contributed by atoms with Crippen LogP contribution in [-0.2, 0) is 19.0 Å². The van der Waals surface area contributed by atoms with E-state index >= 15 is 0 Å². The van der Waals surface area contributed by atoms with Crippen molar-refractivity contribution in [2.45, 2.75) is 84.0 Å². The molecule has 0 spiro atoms. The molecule has 4 atom stereocenters. The Hall–Kier alpha value is -1.17. The maximum Gasteiger partial charge on any atom is 0.303 e. The van der Waals surface area contributed by atoms with Gasteiger partial charge in [-0.1, -0.05) is 25.5 Å². The predicted molar refractivity (Wildman–Crippen MR) is 101 cm³/mol. The van der Waals surface area contributed by atoms with Crippen molar-refractivity contribution in [3.63, 3.8) is 0 Å². The van der Waals surface area contributed by atoms with Crippen LogP contribution in [0.15, 0.2) is 23.3 Å². The Morgan fingerprint density at radius 1 is 1.35 bits per heavy atom. The highest BCUT2D eigenvalue weighted by Crippen LogP contribution is 2.51. The molecule has 0 unspecified atom stereocenters. The van der Waals surface area contributed by atoms with Gasteiger partial charge in [-0.25, -0.2) is 0 Å². The lowest BCUT2D eigenvalue weighted by atomic mass is 9.62. The van der Waals surface area contributed by atoms with E-state index in [2.05, 4.69) is 13.5 Å². The minimum absolute atomic E-state index is 0.104. The average Bonchev–Trinajstić information content (AvgIpc) is 2.59. The molecule has 1 N–H and O–H groups in total. The molecule has 2 aliphatic rings. The van der Waals surface area contributed by atoms with Gasteiger partial charge in [-0.3, -0.25) is 4.79 Å². The molecule has 0 aromatic carbocycles. The van der Waals surface area contributed by atoms with E-state index in [0.29, 0.717) is 12.0 Å². The lowest BCUT2D eigenvalue weighted by molar-refractivity contribution is -0.146. The SMILES string of the molecule is C=C(C)[C@@H](O)[C@@H](CC1=C2CCCC[C@@]2(C)CC[C@@H]1OC(C)=O)OCOC. The number of carbonyl (C=O) groups is 1. The Bertz CT molecular complexity index is 553. The van der Waals surface area contributed by atoms with Crippen molar-refractivity contribution >= 4 is 5.97 Å². The zero-order chi connectivity index (χ0) is 19.3. The third-order valence-corrected chi connectivity index (χ3v) is 5.85. The first-order chi connectivity index (χ1) is 12.3. The van der Waals surface area contributed by atoms with Crippen molar-refractivity contribution in [3.05, 3.63) is 23.3 Å². The standard InChI is InChI=1S/C21H34O5/c1-14(2)20(23)19(25-13-24-5)12-16-17-8-6-7-10-21(17,4)11-9-18(16)26-15(3)22/h18-20,23H,1,6-13H2,2-5H3/t18-,19+,20+,21-/m0/s1. The fourth-order valence-corrected chi connectivity index (χ4v) is 4.45. The number of hydrogen-bond acceptors (Lipinski definition) is 5. The Balaban J connectivity index is 2.35. The molecule has 0 bridgehead atoms. The van der Waals surface area contributed by atoms with Crippen LogP contribution in [0.25, 0.3) is 0 Å². The van der Waals surface area contributed by atoms with Crippen molar-refractivity contribution in [2.24, 2.45) is 5.41 Å². The minimum atomic E-state index is -0.784. The quantitative estimate of drug-likeness (QED) is 0.401. The van der Waals surface area contributed by atoms with Crippen LogP contribution in [0.3, 0.4) is 0 Å². The first-order valence-electron chi connectivity index (χ1n) is 9.62. The maximum absolute atomic E-state index is 11.6. The van der Waals surface area contributed by atoms with Gasteiger partial charge >= 0.3 is 5.97 Å². The van der Waals surface area contributed by atoms with Crippen molar-refractivity contribution in [1.29, 1.82) is 0 Å². The van der Waals surface area contributed by atoms with Gasteiger partial charge in [0, 0.05) is 20.5 Å². The molecule has 0 aromatic heterocycles. The van der Waals surface area contributed by atoms with E-state index in [1.54, 1.807) is 14.0 Å². The zero-order valence-corrected chi connectivity index (χ0v) is 16.7. The molecule has 2 rings (SSSR count). The Labute approximate surface area is 157 Å². The van der Waals surface area contributed by atoms with Crippen molar-refractivity contribution in [3.8, 4) is 0 Å². The van der Waals surface area contributed by atoms with Gasteiger partial charge in [0.1, 0.15) is 19.0 Å². The smallest absolute Gasteiger partial charge is 0.303 e. The molecular weight excluding hydrogens is 332 g/mol. The summed E-state index contributed by atoms with van der Waals surface area (Å²) < 4.78 is 16.5. The van der Waals surface area contributed by atoms with E-state index in [1.165, 1.54) is 25.3 Å². The normalized spacial score (nSPS) is 28.3. The molecule has 5 heteroatoms. The highest BCUT2D eigenvalue weighted by molar-refractivity contribution is 5.66. The molecule has 0 amide bonds. The van der Waals surface area contributed by atoms with Gasteiger partial charge in [0.25, 0.3) is 0 Å². The van der Waals surface area contributed by atoms with Crippen LogP contribution in [0.2, 0.25) is 0 Å². The van der Waals surface area contributed by atoms with Crippen LogP contribution in [0.4, 0.5) is 0 Å². The van der Waals surface area contributed by atoms with Crippen molar-refractivity contribution in [2.75, 3.05) is 13.9 Å². The number of aliphatic hydroxyl groups excluding tert-OH is 1. The molecule has 5 nitrogen and oxygen atoms in total. The number of fused-ring (bicyclic) bond motifs is 1. The summed E-state index contributed by atoms with van der Waals surface area (Å²) in [4.78, 5) is 11.6. The van der Waals surface area contributed by atoms with Crippen LogP contribution in [0, 0.1) is 5.41 Å². The summed E-state index contributed by atoms with van der Waals surface area (Å²) in [5.41, 5.74) is 3.36. The molecule has 0 aliphatic heterocycles. The second-order valence-corrected chi connectivity index (χ2v) is 8.02. The summed E-state index contributed by atoms with van der Waals surface area (Å²) in [6.07, 6.45) is 5.53. The van der Waals surface area contributed by atoms with Gasteiger partial charge in [-0.15, -0.1) is 0 Å². The highest BCUT2D eigenvalue weighted by atomic mass is 16.7.